The van der Waals surface area contributed by atoms with Gasteiger partial charge in [0.15, 0.2) is 0 Å². The number of fused-ring (bicyclic) bond motifs is 1. The van der Waals surface area contributed by atoms with Gasteiger partial charge < -0.3 is 9.84 Å². The summed E-state index contributed by atoms with van der Waals surface area (Å²) in [6, 6.07) is 6.73. The number of amides is 1. The van der Waals surface area contributed by atoms with Gasteiger partial charge in [0.25, 0.3) is 5.91 Å². The lowest BCUT2D eigenvalue weighted by molar-refractivity contribution is 0.0704. The quantitative estimate of drug-likeness (QED) is 0.765. The second-order valence-electron chi connectivity index (χ2n) is 5.92. The molecule has 25 heavy (non-hydrogen) atoms. The van der Waals surface area contributed by atoms with Crippen molar-refractivity contribution in [2.24, 2.45) is 0 Å². The van der Waals surface area contributed by atoms with E-state index in [1.807, 2.05) is 0 Å². The normalized spacial score (nSPS) is 12.7. The van der Waals surface area contributed by atoms with Gasteiger partial charge in [-0.25, -0.2) is 4.98 Å². The SMILES string of the molecule is Cc1noc(C)c1C(=O)NC[C@H](C)c1nc2ccccc2n1C(F)F. The molecule has 2 aromatic heterocycles. The van der Waals surface area contributed by atoms with Crippen molar-refractivity contribution >= 4 is 16.9 Å². The van der Waals surface area contributed by atoms with E-state index in [9.17, 15) is 13.6 Å². The van der Waals surface area contributed by atoms with Gasteiger partial charge in [-0.3, -0.25) is 9.36 Å². The molecule has 0 aliphatic carbocycles. The standard InChI is InChI=1S/C17H18F2N4O2/c1-9(8-20-16(24)14-10(2)22-25-11(14)3)15-21-12-6-4-5-7-13(12)23(15)17(18)19/h4-7,9,17H,8H2,1-3H3,(H,20,24)/t9-/m0/s1. The maximum Gasteiger partial charge on any atom is 0.320 e. The number of aryl methyl sites for hydroxylation is 2. The molecule has 132 valence electrons. The summed E-state index contributed by atoms with van der Waals surface area (Å²) in [5.41, 5.74) is 1.73. The predicted molar refractivity (Wildman–Crippen MR) is 87.7 cm³/mol. The first-order valence-corrected chi connectivity index (χ1v) is 7.86. The maximum absolute atomic E-state index is 13.5. The van der Waals surface area contributed by atoms with Crippen LogP contribution in [0.15, 0.2) is 28.8 Å². The number of carbonyl (C=O) groups is 1. The van der Waals surface area contributed by atoms with Crippen molar-refractivity contribution in [2.75, 3.05) is 6.54 Å². The minimum atomic E-state index is -2.71. The molecule has 1 aromatic carbocycles. The zero-order chi connectivity index (χ0) is 18.1. The Morgan fingerprint density at radius 3 is 2.68 bits per heavy atom. The second-order valence-corrected chi connectivity index (χ2v) is 5.92. The Morgan fingerprint density at radius 1 is 1.32 bits per heavy atom. The fraction of sp³-hybridized carbons (Fsp3) is 0.353. The highest BCUT2D eigenvalue weighted by atomic mass is 19.3. The molecule has 1 N–H and O–H groups in total. The molecule has 3 aromatic rings. The largest absolute Gasteiger partial charge is 0.361 e. The van der Waals surface area contributed by atoms with Crippen molar-refractivity contribution in [1.29, 1.82) is 0 Å². The summed E-state index contributed by atoms with van der Waals surface area (Å²) in [4.78, 5) is 16.6. The fourth-order valence-electron chi connectivity index (χ4n) is 2.85. The van der Waals surface area contributed by atoms with Crippen LogP contribution in [0.5, 0.6) is 0 Å². The van der Waals surface area contributed by atoms with Crippen LogP contribution >= 0.6 is 0 Å². The van der Waals surface area contributed by atoms with Gasteiger partial charge >= 0.3 is 6.55 Å². The third kappa shape index (κ3) is 3.11. The van der Waals surface area contributed by atoms with E-state index in [-0.39, 0.29) is 18.3 Å². The summed E-state index contributed by atoms with van der Waals surface area (Å²) in [7, 11) is 0. The summed E-state index contributed by atoms with van der Waals surface area (Å²) >= 11 is 0. The van der Waals surface area contributed by atoms with Crippen molar-refractivity contribution in [3.8, 4) is 0 Å². The van der Waals surface area contributed by atoms with Gasteiger partial charge in [0.2, 0.25) is 0 Å². The Labute approximate surface area is 142 Å². The van der Waals surface area contributed by atoms with Crippen LogP contribution in [0, 0.1) is 13.8 Å². The van der Waals surface area contributed by atoms with Crippen molar-refractivity contribution in [2.45, 2.75) is 33.2 Å². The van der Waals surface area contributed by atoms with Gasteiger partial charge in [0.05, 0.1) is 16.7 Å². The lowest BCUT2D eigenvalue weighted by Crippen LogP contribution is -2.29. The molecule has 0 aliphatic rings. The van der Waals surface area contributed by atoms with E-state index in [1.165, 1.54) is 0 Å². The average molecular weight is 348 g/mol. The van der Waals surface area contributed by atoms with Gasteiger partial charge in [0.1, 0.15) is 17.1 Å². The van der Waals surface area contributed by atoms with E-state index in [1.54, 1.807) is 45.0 Å². The first-order chi connectivity index (χ1) is 11.9. The molecule has 0 spiro atoms. The Morgan fingerprint density at radius 2 is 2.04 bits per heavy atom. The molecular formula is C17H18F2N4O2. The molecule has 0 bridgehead atoms. The van der Waals surface area contributed by atoms with Crippen LogP contribution in [0.1, 0.15) is 47.0 Å². The summed E-state index contributed by atoms with van der Waals surface area (Å²) in [5, 5.41) is 6.48. The van der Waals surface area contributed by atoms with Crippen molar-refractivity contribution in [1.82, 2.24) is 20.0 Å². The summed E-state index contributed by atoms with van der Waals surface area (Å²) in [6.07, 6.45) is 0. The van der Waals surface area contributed by atoms with E-state index in [0.717, 1.165) is 4.57 Å². The Hall–Kier alpha value is -2.77. The number of nitrogens with zero attached hydrogens (tertiary/aromatic N) is 3. The number of imidazole rings is 1. The number of para-hydroxylation sites is 2. The van der Waals surface area contributed by atoms with Crippen LogP contribution in [0.3, 0.4) is 0 Å². The summed E-state index contributed by atoms with van der Waals surface area (Å²) in [5.74, 6) is -0.0913. The number of alkyl halides is 2. The predicted octanol–water partition coefficient (Wildman–Crippen LogP) is 3.57. The van der Waals surface area contributed by atoms with Crippen LogP contribution in [-0.2, 0) is 0 Å². The molecule has 8 heteroatoms. The fourth-order valence-corrected chi connectivity index (χ4v) is 2.85. The maximum atomic E-state index is 13.5. The first kappa shape index (κ1) is 17.1. The number of benzene rings is 1. The molecule has 1 atom stereocenters. The van der Waals surface area contributed by atoms with Crippen LogP contribution in [0.2, 0.25) is 0 Å². The lowest BCUT2D eigenvalue weighted by atomic mass is 10.1. The Bertz CT molecular complexity index is 897. The molecular weight excluding hydrogens is 330 g/mol. The highest BCUT2D eigenvalue weighted by molar-refractivity contribution is 5.96. The number of aromatic nitrogens is 3. The minimum Gasteiger partial charge on any atom is -0.361 e. The number of hydrogen-bond acceptors (Lipinski definition) is 4. The molecule has 0 aliphatic heterocycles. The van der Waals surface area contributed by atoms with E-state index >= 15 is 0 Å². The number of nitrogens with one attached hydrogen (secondary N) is 1. The van der Waals surface area contributed by atoms with E-state index in [0.29, 0.717) is 28.1 Å². The van der Waals surface area contributed by atoms with Crippen LogP contribution in [0.25, 0.3) is 11.0 Å². The Balaban J connectivity index is 1.82. The van der Waals surface area contributed by atoms with Gasteiger partial charge in [0, 0.05) is 12.5 Å². The van der Waals surface area contributed by atoms with E-state index in [2.05, 4.69) is 15.5 Å². The van der Waals surface area contributed by atoms with Crippen molar-refractivity contribution in [3.05, 3.63) is 47.1 Å². The van der Waals surface area contributed by atoms with Crippen LogP contribution in [0.4, 0.5) is 8.78 Å². The van der Waals surface area contributed by atoms with E-state index < -0.39 is 12.5 Å². The molecule has 0 radical (unpaired) electrons. The third-order valence-electron chi connectivity index (χ3n) is 4.09. The topological polar surface area (TPSA) is 73.0 Å². The Kier molecular flexibility index (Phi) is 4.52. The molecule has 6 nitrogen and oxygen atoms in total. The van der Waals surface area contributed by atoms with Gasteiger partial charge in [-0.2, -0.15) is 8.78 Å². The molecule has 2 heterocycles. The smallest absolute Gasteiger partial charge is 0.320 e. The number of rotatable bonds is 5. The van der Waals surface area contributed by atoms with Gasteiger partial charge in [-0.05, 0) is 26.0 Å². The lowest BCUT2D eigenvalue weighted by Gasteiger charge is -2.15. The highest BCUT2D eigenvalue weighted by Crippen LogP contribution is 2.27. The molecule has 0 saturated heterocycles. The van der Waals surface area contributed by atoms with Crippen molar-refractivity contribution < 1.29 is 18.1 Å². The van der Waals surface area contributed by atoms with Crippen LogP contribution in [-0.4, -0.2) is 27.2 Å². The van der Waals surface area contributed by atoms with Gasteiger partial charge in [-0.15, -0.1) is 0 Å². The first-order valence-electron chi connectivity index (χ1n) is 7.86. The van der Waals surface area contributed by atoms with Crippen LogP contribution < -0.4 is 5.32 Å². The van der Waals surface area contributed by atoms with Crippen molar-refractivity contribution in [3.63, 3.8) is 0 Å². The zero-order valence-electron chi connectivity index (χ0n) is 14.1. The molecule has 1 amide bonds. The second kappa shape index (κ2) is 6.62. The van der Waals surface area contributed by atoms with E-state index in [4.69, 9.17) is 4.52 Å². The molecule has 0 saturated carbocycles. The highest BCUT2D eigenvalue weighted by Gasteiger charge is 2.23. The number of carbonyl (C=O) groups excluding carboxylic acids is 1. The van der Waals surface area contributed by atoms with Gasteiger partial charge in [-0.1, -0.05) is 24.2 Å². The monoisotopic (exact) mass is 348 g/mol. The number of hydrogen-bond donors (Lipinski definition) is 1. The third-order valence-corrected chi connectivity index (χ3v) is 4.09. The molecule has 3 rings (SSSR count). The summed E-state index contributed by atoms with van der Waals surface area (Å²) < 4.78 is 32.9. The summed E-state index contributed by atoms with van der Waals surface area (Å²) in [6.45, 7) is 2.52. The molecule has 0 fully saturated rings. The zero-order valence-corrected chi connectivity index (χ0v) is 14.1. The average Bonchev–Trinajstić information content (AvgIpc) is 3.12. The number of halogens is 2. The minimum absolute atomic E-state index is 0.166. The molecule has 0 unspecified atom stereocenters.